The molecule has 0 saturated carbocycles. The Bertz CT molecular complexity index is 1470. The maximum absolute atomic E-state index is 13.2. The predicted molar refractivity (Wildman–Crippen MR) is 143 cm³/mol. The van der Waals surface area contributed by atoms with Crippen LogP contribution in [-0.4, -0.2) is 66.5 Å². The van der Waals surface area contributed by atoms with Gasteiger partial charge in [0.05, 0.1) is 41.8 Å². The van der Waals surface area contributed by atoms with E-state index in [2.05, 4.69) is 10.6 Å². The zero-order valence-corrected chi connectivity index (χ0v) is 22.4. The van der Waals surface area contributed by atoms with Crippen molar-refractivity contribution in [3.63, 3.8) is 0 Å². The zero-order valence-electron chi connectivity index (χ0n) is 20.8. The number of sulfonamides is 1. The number of nitrogens with zero attached hydrogens (tertiary/aromatic N) is 1. The van der Waals surface area contributed by atoms with Crippen LogP contribution in [0, 0.1) is 0 Å². The lowest BCUT2D eigenvalue weighted by atomic mass is 10.3. The van der Waals surface area contributed by atoms with E-state index in [1.807, 2.05) is 0 Å². The number of carbonyl (C=O) groups is 1. The Labute approximate surface area is 222 Å². The number of amides is 1. The normalized spacial score (nSPS) is 14.6. The van der Waals surface area contributed by atoms with Crippen LogP contribution in [0.1, 0.15) is 6.92 Å². The van der Waals surface area contributed by atoms with Gasteiger partial charge in [-0.15, -0.1) is 0 Å². The van der Waals surface area contributed by atoms with Crippen molar-refractivity contribution in [2.75, 3.05) is 50.1 Å². The molecule has 3 aromatic rings. The first-order valence-electron chi connectivity index (χ1n) is 12.0. The lowest BCUT2D eigenvalue weighted by molar-refractivity contribution is -0.114. The lowest BCUT2D eigenvalue weighted by Gasteiger charge is -2.26. The van der Waals surface area contributed by atoms with Gasteiger partial charge in [-0.25, -0.2) is 16.8 Å². The Hall–Kier alpha value is -3.45. The number of hydrogen-bond donors (Lipinski definition) is 2. The smallest absolute Gasteiger partial charge is 0.243 e. The second-order valence-electron chi connectivity index (χ2n) is 8.32. The second kappa shape index (κ2) is 11.9. The number of ether oxygens (including phenoxy) is 2. The van der Waals surface area contributed by atoms with Crippen LogP contribution < -0.4 is 15.4 Å². The minimum absolute atomic E-state index is 0.00646. The molecule has 1 heterocycles. The summed E-state index contributed by atoms with van der Waals surface area (Å²) in [5.74, 6) is -0.281. The molecule has 0 unspecified atom stereocenters. The molecular weight excluding hydrogens is 530 g/mol. The monoisotopic (exact) mass is 559 g/mol. The molecule has 0 spiro atoms. The number of nitrogens with one attached hydrogen (secondary N) is 2. The van der Waals surface area contributed by atoms with Gasteiger partial charge in [-0.3, -0.25) is 4.79 Å². The maximum atomic E-state index is 13.2. The summed E-state index contributed by atoms with van der Waals surface area (Å²) in [7, 11) is -7.49. The average molecular weight is 560 g/mol. The summed E-state index contributed by atoms with van der Waals surface area (Å²) in [6.45, 7) is 3.09. The van der Waals surface area contributed by atoms with E-state index in [0.29, 0.717) is 37.7 Å². The lowest BCUT2D eigenvalue weighted by Crippen LogP contribution is -2.40. The summed E-state index contributed by atoms with van der Waals surface area (Å²) in [5, 5.41) is 5.65. The molecule has 0 bridgehead atoms. The number of hydrogen-bond acceptors (Lipinski definition) is 8. The largest absolute Gasteiger partial charge is 0.490 e. The minimum atomic E-state index is -3.85. The fraction of sp³-hybridized carbons (Fsp3) is 0.269. The van der Waals surface area contributed by atoms with Crippen molar-refractivity contribution >= 4 is 37.1 Å². The highest BCUT2D eigenvalue weighted by molar-refractivity contribution is 7.91. The molecule has 0 radical (unpaired) electrons. The van der Waals surface area contributed by atoms with Crippen LogP contribution in [0.2, 0.25) is 0 Å². The third-order valence-corrected chi connectivity index (χ3v) is 9.50. The van der Waals surface area contributed by atoms with Gasteiger partial charge >= 0.3 is 0 Å². The van der Waals surface area contributed by atoms with Crippen molar-refractivity contribution in [3.8, 4) is 5.75 Å². The zero-order chi connectivity index (χ0) is 27.2. The van der Waals surface area contributed by atoms with Crippen molar-refractivity contribution in [2.45, 2.75) is 21.6 Å². The van der Waals surface area contributed by atoms with E-state index in [4.69, 9.17) is 9.47 Å². The molecule has 1 aliphatic heterocycles. The van der Waals surface area contributed by atoms with Crippen molar-refractivity contribution in [1.82, 2.24) is 4.31 Å². The molecule has 2 N–H and O–H groups in total. The van der Waals surface area contributed by atoms with Gasteiger partial charge in [0.1, 0.15) is 4.90 Å². The van der Waals surface area contributed by atoms with Crippen LogP contribution >= 0.6 is 0 Å². The molecule has 0 aliphatic carbocycles. The van der Waals surface area contributed by atoms with Gasteiger partial charge in [-0.05, 0) is 55.5 Å². The molecule has 1 saturated heterocycles. The third kappa shape index (κ3) is 6.16. The summed E-state index contributed by atoms with van der Waals surface area (Å²) in [5.41, 5.74) is 0.772. The van der Waals surface area contributed by atoms with Crippen LogP contribution in [-0.2, 0) is 29.4 Å². The number of rotatable bonds is 10. The Kier molecular flexibility index (Phi) is 8.67. The van der Waals surface area contributed by atoms with Crippen LogP contribution in [0.3, 0.4) is 0 Å². The number of sulfone groups is 1. The van der Waals surface area contributed by atoms with Gasteiger partial charge in [0.25, 0.3) is 0 Å². The van der Waals surface area contributed by atoms with E-state index in [1.54, 1.807) is 37.3 Å². The van der Waals surface area contributed by atoms with Crippen molar-refractivity contribution < 1.29 is 31.1 Å². The quantitative estimate of drug-likeness (QED) is 0.388. The fourth-order valence-electron chi connectivity index (χ4n) is 3.91. The van der Waals surface area contributed by atoms with Crippen molar-refractivity contribution in [3.05, 3.63) is 72.8 Å². The van der Waals surface area contributed by atoms with E-state index < -0.39 is 25.8 Å². The Balaban J connectivity index is 1.45. The van der Waals surface area contributed by atoms with E-state index in [1.165, 1.54) is 46.8 Å². The Morgan fingerprint density at radius 1 is 0.895 bits per heavy atom. The van der Waals surface area contributed by atoms with Crippen molar-refractivity contribution in [1.29, 1.82) is 0 Å². The van der Waals surface area contributed by atoms with Gasteiger partial charge in [0.15, 0.2) is 5.75 Å². The standard InChI is InChI=1S/C26H29N3O7S2/c1-2-36-26-23(9-6-10-24(26)37(31,32)21-7-4-3-5-8-21)27-19-25(30)28-20-11-13-22(14-12-20)38(33,34)29-15-17-35-18-16-29/h3-14,27H,2,15-19H2,1H3,(H,28,30). The highest BCUT2D eigenvalue weighted by Gasteiger charge is 2.26. The Morgan fingerprint density at radius 2 is 1.58 bits per heavy atom. The Morgan fingerprint density at radius 3 is 2.24 bits per heavy atom. The first kappa shape index (κ1) is 27.6. The number of carbonyl (C=O) groups excluding carboxylic acids is 1. The summed E-state index contributed by atoms with van der Waals surface area (Å²) in [6.07, 6.45) is 0. The summed E-state index contributed by atoms with van der Waals surface area (Å²) in [4.78, 5) is 12.9. The molecule has 10 nitrogen and oxygen atoms in total. The van der Waals surface area contributed by atoms with Gasteiger partial charge in [-0.1, -0.05) is 24.3 Å². The third-order valence-electron chi connectivity index (χ3n) is 5.80. The maximum Gasteiger partial charge on any atom is 0.243 e. The van der Waals surface area contributed by atoms with Gasteiger partial charge < -0.3 is 20.1 Å². The molecule has 3 aromatic carbocycles. The average Bonchev–Trinajstić information content (AvgIpc) is 2.94. The molecular formula is C26H29N3O7S2. The first-order chi connectivity index (χ1) is 18.2. The summed E-state index contributed by atoms with van der Waals surface area (Å²) < 4.78 is 64.3. The highest BCUT2D eigenvalue weighted by atomic mass is 32.2. The van der Waals surface area contributed by atoms with E-state index in [9.17, 15) is 21.6 Å². The van der Waals surface area contributed by atoms with Crippen LogP contribution in [0.5, 0.6) is 5.75 Å². The highest BCUT2D eigenvalue weighted by Crippen LogP contribution is 2.35. The molecule has 0 aromatic heterocycles. The van der Waals surface area contributed by atoms with Crippen LogP contribution in [0.4, 0.5) is 11.4 Å². The number of para-hydroxylation sites is 1. The van der Waals surface area contributed by atoms with Crippen LogP contribution in [0.25, 0.3) is 0 Å². The summed E-state index contributed by atoms with van der Waals surface area (Å²) >= 11 is 0. The number of benzene rings is 3. The summed E-state index contributed by atoms with van der Waals surface area (Å²) in [6, 6.07) is 18.6. The van der Waals surface area contributed by atoms with Crippen molar-refractivity contribution in [2.24, 2.45) is 0 Å². The SMILES string of the molecule is CCOc1c(NCC(=O)Nc2ccc(S(=O)(=O)N3CCOCC3)cc2)cccc1S(=O)(=O)c1ccccc1. The van der Waals surface area contributed by atoms with Gasteiger partial charge in [-0.2, -0.15) is 4.31 Å². The topological polar surface area (TPSA) is 131 Å². The number of anilines is 2. The molecule has 38 heavy (non-hydrogen) atoms. The van der Waals surface area contributed by atoms with Gasteiger partial charge in [0.2, 0.25) is 25.8 Å². The first-order valence-corrected chi connectivity index (χ1v) is 14.9. The van der Waals surface area contributed by atoms with E-state index >= 15 is 0 Å². The molecule has 4 rings (SSSR count). The fourth-order valence-corrected chi connectivity index (χ4v) is 6.76. The molecule has 1 aliphatic rings. The van der Waals surface area contributed by atoms with Gasteiger partial charge in [0, 0.05) is 18.8 Å². The number of morpholine rings is 1. The molecule has 12 heteroatoms. The second-order valence-corrected chi connectivity index (χ2v) is 12.2. The predicted octanol–water partition coefficient (Wildman–Crippen LogP) is 2.99. The van der Waals surface area contributed by atoms with E-state index in [0.717, 1.165) is 0 Å². The molecule has 1 fully saturated rings. The van der Waals surface area contributed by atoms with E-state index in [-0.39, 0.29) is 33.6 Å². The van der Waals surface area contributed by atoms with Crippen LogP contribution in [0.15, 0.2) is 87.5 Å². The minimum Gasteiger partial charge on any atom is -0.490 e. The molecule has 0 atom stereocenters. The molecule has 1 amide bonds. The molecule has 202 valence electrons.